The van der Waals surface area contributed by atoms with Crippen LogP contribution in [0.25, 0.3) is 0 Å². The predicted molar refractivity (Wildman–Crippen MR) is 123 cm³/mol. The smallest absolute Gasteiger partial charge is 0.350 e. The summed E-state index contributed by atoms with van der Waals surface area (Å²) in [6.45, 7) is 1.34. The molecule has 0 atom stereocenters. The third-order valence-electron chi connectivity index (χ3n) is 5.11. The minimum absolute atomic E-state index is 0.0808. The first kappa shape index (κ1) is 26.6. The van der Waals surface area contributed by atoms with Crippen LogP contribution < -0.4 is 15.5 Å². The van der Waals surface area contributed by atoms with Crippen molar-refractivity contribution in [3.05, 3.63) is 95.1 Å². The number of anilines is 2. The lowest BCUT2D eigenvalue weighted by atomic mass is 10.1. The van der Waals surface area contributed by atoms with E-state index >= 15 is 0 Å². The zero-order valence-corrected chi connectivity index (χ0v) is 18.9. The van der Waals surface area contributed by atoms with Gasteiger partial charge in [0, 0.05) is 30.0 Å². The van der Waals surface area contributed by atoms with Crippen LogP contribution in [0.2, 0.25) is 0 Å². The molecule has 0 radical (unpaired) electrons. The van der Waals surface area contributed by atoms with Gasteiger partial charge in [0.25, 0.3) is 5.91 Å². The molecule has 0 heterocycles. The molecule has 3 amide bonds. The van der Waals surface area contributed by atoms with E-state index in [1.165, 1.54) is 12.1 Å². The normalized spacial score (nSPS) is 11.6. The highest BCUT2D eigenvalue weighted by Gasteiger charge is 2.32. The highest BCUT2D eigenvalue weighted by molar-refractivity contribution is 6.02. The van der Waals surface area contributed by atoms with Crippen LogP contribution >= 0.6 is 0 Å². The average molecular weight is 509 g/mol. The summed E-state index contributed by atoms with van der Waals surface area (Å²) in [4.78, 5) is 26.3. The minimum atomic E-state index is -4.65. The van der Waals surface area contributed by atoms with Gasteiger partial charge in [-0.2, -0.15) is 26.3 Å². The van der Waals surface area contributed by atoms with Crippen molar-refractivity contribution in [2.45, 2.75) is 19.3 Å². The van der Waals surface area contributed by atoms with Crippen LogP contribution in [0.3, 0.4) is 0 Å². The molecule has 0 unspecified atom stereocenters. The number of aryl methyl sites for hydroxylation is 1. The van der Waals surface area contributed by atoms with Crippen LogP contribution in [-0.4, -0.2) is 25.0 Å². The quantitative estimate of drug-likeness (QED) is 0.373. The zero-order chi connectivity index (χ0) is 26.5. The number of halogens is 6. The molecular formula is C25H21F6N3O2. The monoisotopic (exact) mass is 509 g/mol. The number of benzene rings is 3. The standard InChI is InChI=1S/C25H21F6N3O2/c1-16-8-10-20(11-9-16)33-23(36)34(21-7-3-6-19(15-21)25(29,30)31)13-12-32-22(35)17-4-2-5-18(14-17)24(26,27)28/h2-11,14-15H,12-13H2,1H3,(H,32,35)(H,33,36). The Bertz CT molecular complexity index is 1220. The highest BCUT2D eigenvalue weighted by Crippen LogP contribution is 2.32. The summed E-state index contributed by atoms with van der Waals surface area (Å²) in [5.41, 5.74) is -0.975. The fraction of sp³-hybridized carbons (Fsp3) is 0.200. The van der Waals surface area contributed by atoms with Gasteiger partial charge >= 0.3 is 18.4 Å². The number of amides is 3. The Labute approximate surface area is 202 Å². The molecule has 0 fully saturated rings. The van der Waals surface area contributed by atoms with E-state index in [-0.39, 0.29) is 24.3 Å². The molecule has 0 saturated carbocycles. The maximum atomic E-state index is 13.2. The van der Waals surface area contributed by atoms with Gasteiger partial charge in [0.15, 0.2) is 0 Å². The molecule has 0 aliphatic rings. The molecule has 3 aromatic carbocycles. The van der Waals surface area contributed by atoms with Gasteiger partial charge in [0.1, 0.15) is 0 Å². The number of carbonyl (C=O) groups is 2. The lowest BCUT2D eigenvalue weighted by Crippen LogP contribution is -2.41. The van der Waals surface area contributed by atoms with E-state index in [4.69, 9.17) is 0 Å². The second kappa shape index (κ2) is 10.7. The molecule has 0 aliphatic heterocycles. The lowest BCUT2D eigenvalue weighted by molar-refractivity contribution is -0.138. The Hall–Kier alpha value is -4.02. The van der Waals surface area contributed by atoms with E-state index in [0.29, 0.717) is 11.8 Å². The molecular weight excluding hydrogens is 488 g/mol. The summed E-state index contributed by atoms with van der Waals surface area (Å²) in [6, 6.07) is 13.8. The molecule has 5 nitrogen and oxygen atoms in total. The zero-order valence-electron chi connectivity index (χ0n) is 18.9. The number of urea groups is 1. The first-order chi connectivity index (χ1) is 16.8. The Kier molecular flexibility index (Phi) is 7.91. The first-order valence-electron chi connectivity index (χ1n) is 10.6. The van der Waals surface area contributed by atoms with Gasteiger partial charge in [-0.25, -0.2) is 4.79 Å². The van der Waals surface area contributed by atoms with Crippen LogP contribution in [0.4, 0.5) is 42.5 Å². The van der Waals surface area contributed by atoms with E-state index in [1.54, 1.807) is 24.3 Å². The van der Waals surface area contributed by atoms with Gasteiger partial charge in [-0.1, -0.05) is 29.8 Å². The van der Waals surface area contributed by atoms with Gasteiger partial charge < -0.3 is 10.6 Å². The molecule has 11 heteroatoms. The van der Waals surface area contributed by atoms with Crippen LogP contribution in [0.1, 0.15) is 27.0 Å². The number of hydrogen-bond donors (Lipinski definition) is 2. The fourth-order valence-electron chi connectivity index (χ4n) is 3.25. The Morgan fingerprint density at radius 3 is 2.00 bits per heavy atom. The largest absolute Gasteiger partial charge is 0.416 e. The van der Waals surface area contributed by atoms with Crippen molar-refractivity contribution in [3.63, 3.8) is 0 Å². The molecule has 0 bridgehead atoms. The van der Waals surface area contributed by atoms with Crippen molar-refractivity contribution in [1.82, 2.24) is 5.32 Å². The van der Waals surface area contributed by atoms with E-state index in [1.807, 2.05) is 6.92 Å². The maximum absolute atomic E-state index is 13.2. The van der Waals surface area contributed by atoms with Crippen LogP contribution in [0.15, 0.2) is 72.8 Å². The number of nitrogens with one attached hydrogen (secondary N) is 2. The van der Waals surface area contributed by atoms with Gasteiger partial charge in [-0.15, -0.1) is 0 Å². The third-order valence-corrected chi connectivity index (χ3v) is 5.11. The number of hydrogen-bond acceptors (Lipinski definition) is 2. The molecule has 0 spiro atoms. The number of rotatable bonds is 6. The van der Waals surface area contributed by atoms with Crippen LogP contribution in [0.5, 0.6) is 0 Å². The summed E-state index contributed by atoms with van der Waals surface area (Å²) in [5, 5.41) is 4.99. The SMILES string of the molecule is Cc1ccc(NC(=O)N(CCNC(=O)c2cccc(C(F)(F)F)c2)c2cccc(C(F)(F)F)c2)cc1. The molecule has 2 N–H and O–H groups in total. The van der Waals surface area contributed by atoms with Gasteiger partial charge in [-0.05, 0) is 55.5 Å². The van der Waals surface area contributed by atoms with Crippen molar-refractivity contribution in [1.29, 1.82) is 0 Å². The van der Waals surface area contributed by atoms with Crippen molar-refractivity contribution >= 4 is 23.3 Å². The molecule has 3 rings (SSSR count). The first-order valence-corrected chi connectivity index (χ1v) is 10.6. The number of alkyl halides is 6. The summed E-state index contributed by atoms with van der Waals surface area (Å²) in [7, 11) is 0. The average Bonchev–Trinajstić information content (AvgIpc) is 2.82. The van der Waals surface area contributed by atoms with Gasteiger partial charge in [0.2, 0.25) is 0 Å². The van der Waals surface area contributed by atoms with E-state index in [2.05, 4.69) is 10.6 Å². The second-order valence-corrected chi connectivity index (χ2v) is 7.83. The van der Waals surface area contributed by atoms with Crippen molar-refractivity contribution in [3.8, 4) is 0 Å². The summed E-state index contributed by atoms with van der Waals surface area (Å²) >= 11 is 0. The van der Waals surface area contributed by atoms with Crippen molar-refractivity contribution < 1.29 is 35.9 Å². The van der Waals surface area contributed by atoms with Gasteiger partial charge in [0.05, 0.1) is 11.1 Å². The molecule has 0 aromatic heterocycles. The Morgan fingerprint density at radius 1 is 0.806 bits per heavy atom. The summed E-state index contributed by atoms with van der Waals surface area (Å²) in [6.07, 6.45) is -9.28. The maximum Gasteiger partial charge on any atom is 0.416 e. The molecule has 0 aliphatic carbocycles. The van der Waals surface area contributed by atoms with Crippen molar-refractivity contribution in [2.75, 3.05) is 23.3 Å². The molecule has 0 saturated heterocycles. The topological polar surface area (TPSA) is 61.4 Å². The number of carbonyl (C=O) groups excluding carboxylic acids is 2. The number of nitrogens with zero attached hydrogens (tertiary/aromatic N) is 1. The van der Waals surface area contributed by atoms with E-state index < -0.39 is 35.4 Å². The fourth-order valence-corrected chi connectivity index (χ4v) is 3.25. The summed E-state index contributed by atoms with van der Waals surface area (Å²) in [5.74, 6) is -0.830. The predicted octanol–water partition coefficient (Wildman–Crippen LogP) is 6.50. The Morgan fingerprint density at radius 2 is 1.39 bits per heavy atom. The lowest BCUT2D eigenvalue weighted by Gasteiger charge is -2.24. The van der Waals surface area contributed by atoms with Crippen LogP contribution in [0, 0.1) is 6.92 Å². The second-order valence-electron chi connectivity index (χ2n) is 7.83. The third kappa shape index (κ3) is 7.00. The van der Waals surface area contributed by atoms with Crippen LogP contribution in [-0.2, 0) is 12.4 Å². The minimum Gasteiger partial charge on any atom is -0.350 e. The molecule has 190 valence electrons. The molecule has 36 heavy (non-hydrogen) atoms. The summed E-state index contributed by atoms with van der Waals surface area (Å²) < 4.78 is 78.4. The van der Waals surface area contributed by atoms with E-state index in [0.717, 1.165) is 40.8 Å². The van der Waals surface area contributed by atoms with E-state index in [9.17, 15) is 35.9 Å². The highest BCUT2D eigenvalue weighted by atomic mass is 19.4. The van der Waals surface area contributed by atoms with Crippen molar-refractivity contribution in [2.24, 2.45) is 0 Å². The molecule has 3 aromatic rings. The van der Waals surface area contributed by atoms with Gasteiger partial charge in [-0.3, -0.25) is 9.69 Å². The Balaban J connectivity index is 1.78.